The lowest BCUT2D eigenvalue weighted by atomic mass is 10.1. The van der Waals surface area contributed by atoms with E-state index in [1.165, 1.54) is 0 Å². The summed E-state index contributed by atoms with van der Waals surface area (Å²) in [6.07, 6.45) is -4.49. The first-order chi connectivity index (χ1) is 10.7. The molecule has 0 spiro atoms. The summed E-state index contributed by atoms with van der Waals surface area (Å²) in [5.41, 5.74) is 0.601. The number of hydrogen-bond acceptors (Lipinski definition) is 3. The molecule has 0 aliphatic rings. The van der Waals surface area contributed by atoms with Crippen LogP contribution in [0.25, 0.3) is 0 Å². The fraction of sp³-hybridized carbons (Fsp3) is 0.0714. The Balaban J connectivity index is 2.36. The van der Waals surface area contributed by atoms with Gasteiger partial charge in [0.1, 0.15) is 0 Å². The van der Waals surface area contributed by atoms with Crippen molar-refractivity contribution in [2.75, 3.05) is 5.32 Å². The third-order valence-corrected chi connectivity index (χ3v) is 2.93. The lowest BCUT2D eigenvalue weighted by molar-refractivity contribution is -0.137. The predicted octanol–water partition coefficient (Wildman–Crippen LogP) is 3.33. The minimum atomic E-state index is -4.49. The number of nitrogens with one attached hydrogen (secondary N) is 2. The third kappa shape index (κ3) is 3.75. The van der Waals surface area contributed by atoms with E-state index in [0.29, 0.717) is 12.1 Å². The van der Waals surface area contributed by atoms with Crippen LogP contribution in [0, 0.1) is 11.6 Å². The Kier molecular flexibility index (Phi) is 4.50. The molecule has 2 aromatic rings. The van der Waals surface area contributed by atoms with Crippen molar-refractivity contribution in [3.8, 4) is 0 Å². The van der Waals surface area contributed by atoms with Crippen molar-refractivity contribution < 1.29 is 26.7 Å². The summed E-state index contributed by atoms with van der Waals surface area (Å²) < 4.78 is 64.0. The lowest BCUT2D eigenvalue weighted by Crippen LogP contribution is -2.30. The highest BCUT2D eigenvalue weighted by atomic mass is 19.4. The molecule has 0 saturated carbocycles. The first kappa shape index (κ1) is 16.7. The zero-order chi connectivity index (χ0) is 17.2. The average molecular weight is 331 g/mol. The molecule has 0 atom stereocenters. The summed E-state index contributed by atoms with van der Waals surface area (Å²) >= 11 is 0. The number of carbonyl (C=O) groups is 1. The highest BCUT2D eigenvalue weighted by Gasteiger charge is 2.30. The van der Waals surface area contributed by atoms with Crippen LogP contribution in [0.2, 0.25) is 0 Å². The number of rotatable bonds is 3. The van der Waals surface area contributed by atoms with Crippen molar-refractivity contribution in [1.82, 2.24) is 5.43 Å². The smallest absolute Gasteiger partial charge is 0.355 e. The van der Waals surface area contributed by atoms with Gasteiger partial charge in [0.25, 0.3) is 5.91 Å². The van der Waals surface area contributed by atoms with Gasteiger partial charge in [0.05, 0.1) is 16.8 Å². The van der Waals surface area contributed by atoms with Gasteiger partial charge in [0.15, 0.2) is 11.6 Å². The number of alkyl halides is 3. The average Bonchev–Trinajstić information content (AvgIpc) is 2.49. The summed E-state index contributed by atoms with van der Waals surface area (Å²) in [4.78, 5) is 11.6. The summed E-state index contributed by atoms with van der Waals surface area (Å²) in [7, 11) is 0. The predicted molar refractivity (Wildman–Crippen MR) is 72.7 cm³/mol. The summed E-state index contributed by atoms with van der Waals surface area (Å²) in [5, 5.41) is 2.54. The molecule has 4 nitrogen and oxygen atoms in total. The van der Waals surface area contributed by atoms with E-state index in [1.54, 1.807) is 5.43 Å². The molecule has 4 N–H and O–H groups in total. The van der Waals surface area contributed by atoms with E-state index in [9.17, 15) is 26.7 Å². The van der Waals surface area contributed by atoms with E-state index in [1.807, 2.05) is 0 Å². The van der Waals surface area contributed by atoms with Crippen molar-refractivity contribution in [2.45, 2.75) is 6.18 Å². The van der Waals surface area contributed by atoms with Gasteiger partial charge in [-0.3, -0.25) is 10.2 Å². The maximum Gasteiger partial charge on any atom is 0.416 e. The molecule has 0 aromatic heterocycles. The monoisotopic (exact) mass is 331 g/mol. The number of hydrogen-bond donors (Lipinski definition) is 3. The van der Waals surface area contributed by atoms with Gasteiger partial charge in [-0.05, 0) is 30.3 Å². The van der Waals surface area contributed by atoms with E-state index >= 15 is 0 Å². The summed E-state index contributed by atoms with van der Waals surface area (Å²) in [6.45, 7) is 0. The summed E-state index contributed by atoms with van der Waals surface area (Å²) in [5.74, 6) is 1.57. The molecule has 0 aliphatic carbocycles. The highest BCUT2D eigenvalue weighted by molar-refractivity contribution is 6.00. The first-order valence-electron chi connectivity index (χ1n) is 6.16. The quantitative estimate of drug-likeness (QED) is 0.350. The van der Waals surface area contributed by atoms with E-state index < -0.39 is 29.3 Å². The van der Waals surface area contributed by atoms with Crippen molar-refractivity contribution in [1.29, 1.82) is 0 Å². The number of benzene rings is 2. The second-order valence-corrected chi connectivity index (χ2v) is 4.49. The molecule has 9 heteroatoms. The standard InChI is InChI=1S/C14H10F5N3O/c15-10-5-9(13(23)22-20)12(6-11(10)16)21-8-3-1-7(2-4-8)14(17,18)19/h1-6,21H,20H2,(H,22,23). The Hall–Kier alpha value is -2.68. The van der Waals surface area contributed by atoms with Crippen LogP contribution < -0.4 is 16.6 Å². The second kappa shape index (κ2) is 6.21. The fourth-order valence-electron chi connectivity index (χ4n) is 1.81. The third-order valence-electron chi connectivity index (χ3n) is 2.93. The fourth-order valence-corrected chi connectivity index (χ4v) is 1.81. The molecule has 0 aliphatic heterocycles. The number of nitrogens with two attached hydrogens (primary N) is 1. The molecule has 0 fully saturated rings. The van der Waals surface area contributed by atoms with Crippen molar-refractivity contribution in [3.63, 3.8) is 0 Å². The Labute approximate surface area is 127 Å². The van der Waals surface area contributed by atoms with Gasteiger partial charge in [-0.1, -0.05) is 0 Å². The molecule has 0 unspecified atom stereocenters. The van der Waals surface area contributed by atoms with Crippen molar-refractivity contribution in [2.24, 2.45) is 5.84 Å². The molecule has 0 radical (unpaired) electrons. The molecule has 1 amide bonds. The van der Waals surface area contributed by atoms with Crippen LogP contribution in [0.4, 0.5) is 33.3 Å². The number of nitrogen functional groups attached to an aromatic ring is 1. The molecule has 23 heavy (non-hydrogen) atoms. The number of halogens is 5. The van der Waals surface area contributed by atoms with E-state index in [4.69, 9.17) is 5.84 Å². The minimum absolute atomic E-state index is 0.147. The molecule has 2 rings (SSSR count). The van der Waals surface area contributed by atoms with Gasteiger partial charge in [-0.25, -0.2) is 14.6 Å². The molecule has 122 valence electrons. The number of carbonyl (C=O) groups excluding carboxylic acids is 1. The second-order valence-electron chi connectivity index (χ2n) is 4.49. The van der Waals surface area contributed by atoms with Gasteiger partial charge < -0.3 is 5.32 Å². The normalized spacial score (nSPS) is 11.2. The molecular weight excluding hydrogens is 321 g/mol. The lowest BCUT2D eigenvalue weighted by Gasteiger charge is -2.13. The van der Waals surface area contributed by atoms with Gasteiger partial charge in [-0.2, -0.15) is 13.2 Å². The topological polar surface area (TPSA) is 67.1 Å². The largest absolute Gasteiger partial charge is 0.416 e. The Morgan fingerprint density at radius 3 is 2.09 bits per heavy atom. The van der Waals surface area contributed by atoms with Gasteiger partial charge >= 0.3 is 6.18 Å². The van der Waals surface area contributed by atoms with Crippen LogP contribution in [0.5, 0.6) is 0 Å². The molecule has 0 bridgehead atoms. The van der Waals surface area contributed by atoms with Crippen molar-refractivity contribution >= 4 is 17.3 Å². The van der Waals surface area contributed by atoms with Crippen LogP contribution in [0.1, 0.15) is 15.9 Å². The molecular formula is C14H10F5N3O. The van der Waals surface area contributed by atoms with Crippen LogP contribution in [-0.4, -0.2) is 5.91 Å². The van der Waals surface area contributed by atoms with Gasteiger partial charge in [0, 0.05) is 11.8 Å². The van der Waals surface area contributed by atoms with E-state index in [0.717, 1.165) is 24.3 Å². The van der Waals surface area contributed by atoms with Crippen LogP contribution in [0.15, 0.2) is 36.4 Å². The minimum Gasteiger partial charge on any atom is -0.355 e. The molecule has 0 heterocycles. The number of hydrazine groups is 1. The zero-order valence-electron chi connectivity index (χ0n) is 11.3. The molecule has 2 aromatic carbocycles. The zero-order valence-corrected chi connectivity index (χ0v) is 11.3. The molecule has 0 saturated heterocycles. The summed E-state index contributed by atoms with van der Waals surface area (Å²) in [6, 6.07) is 5.14. The Morgan fingerprint density at radius 1 is 1.00 bits per heavy atom. The van der Waals surface area contributed by atoms with Crippen molar-refractivity contribution in [3.05, 3.63) is 59.2 Å². The maximum absolute atomic E-state index is 13.3. The van der Waals surface area contributed by atoms with Gasteiger partial charge in [-0.15, -0.1) is 0 Å². The number of amides is 1. The SMILES string of the molecule is NNC(=O)c1cc(F)c(F)cc1Nc1ccc(C(F)(F)F)cc1. The highest BCUT2D eigenvalue weighted by Crippen LogP contribution is 2.31. The van der Waals surface area contributed by atoms with Gasteiger partial charge in [0.2, 0.25) is 0 Å². The first-order valence-corrected chi connectivity index (χ1v) is 6.16. The number of anilines is 2. The van der Waals surface area contributed by atoms with Crippen LogP contribution in [-0.2, 0) is 6.18 Å². The Morgan fingerprint density at radius 2 is 1.57 bits per heavy atom. The Bertz CT molecular complexity index is 728. The maximum atomic E-state index is 13.3. The van der Waals surface area contributed by atoms with Crippen LogP contribution >= 0.6 is 0 Å². The van der Waals surface area contributed by atoms with E-state index in [-0.39, 0.29) is 16.9 Å². The van der Waals surface area contributed by atoms with Crippen LogP contribution in [0.3, 0.4) is 0 Å². The van der Waals surface area contributed by atoms with E-state index in [2.05, 4.69) is 5.32 Å².